The van der Waals surface area contributed by atoms with Gasteiger partial charge in [0.15, 0.2) is 0 Å². The number of nitro benzene ring substituents is 1. The average Bonchev–Trinajstić information content (AvgIpc) is 2.45. The Hall–Kier alpha value is -1.82. The summed E-state index contributed by atoms with van der Waals surface area (Å²) in [7, 11) is 1.68. The first kappa shape index (κ1) is 17.2. The third-order valence-corrected chi connectivity index (χ3v) is 3.36. The molecule has 0 fully saturated rings. The lowest BCUT2D eigenvalue weighted by Crippen LogP contribution is -2.27. The van der Waals surface area contributed by atoms with E-state index in [1.807, 2.05) is 13.8 Å². The molecule has 0 aromatic heterocycles. The zero-order valence-corrected chi connectivity index (χ0v) is 13.2. The molecule has 1 aromatic carbocycles. The van der Waals surface area contributed by atoms with Gasteiger partial charge in [0.05, 0.1) is 9.95 Å². The molecule has 1 aromatic rings. The largest absolute Gasteiger partial charge is 0.379 e. The van der Waals surface area contributed by atoms with Gasteiger partial charge in [-0.05, 0) is 19.4 Å². The number of amides is 1. The number of hydrogen-bond acceptors (Lipinski definition) is 4. The zero-order chi connectivity index (χ0) is 16.0. The molecule has 0 saturated heterocycles. The minimum absolute atomic E-state index is 0.179. The van der Waals surface area contributed by atoms with Gasteiger partial charge in [0.2, 0.25) is 0 Å². The van der Waals surface area contributed by atoms with Crippen molar-refractivity contribution in [2.75, 3.05) is 25.5 Å². The van der Waals surface area contributed by atoms with Crippen LogP contribution in [0.5, 0.6) is 0 Å². The van der Waals surface area contributed by atoms with E-state index in [1.54, 1.807) is 11.9 Å². The SMILES string of the molecule is CCCCN(C)C(=O)c1cc(Cl)c(NCC)c([N+](=O)[O-])c1. The smallest absolute Gasteiger partial charge is 0.294 e. The molecule has 0 saturated carbocycles. The van der Waals surface area contributed by atoms with Crippen LogP contribution in [0.3, 0.4) is 0 Å². The Bertz CT molecular complexity index is 534. The molecule has 6 nitrogen and oxygen atoms in total. The highest BCUT2D eigenvalue weighted by molar-refractivity contribution is 6.34. The first-order valence-electron chi connectivity index (χ1n) is 6.89. The number of anilines is 1. The molecule has 1 rings (SSSR count). The molecule has 0 radical (unpaired) electrons. The second-order valence-electron chi connectivity index (χ2n) is 4.72. The summed E-state index contributed by atoms with van der Waals surface area (Å²) in [5, 5.41) is 14.2. The molecule has 1 N–H and O–H groups in total. The summed E-state index contributed by atoms with van der Waals surface area (Å²) in [6.07, 6.45) is 1.85. The number of carbonyl (C=O) groups excluding carboxylic acids is 1. The van der Waals surface area contributed by atoms with E-state index in [1.165, 1.54) is 12.1 Å². The molecule has 0 atom stereocenters. The summed E-state index contributed by atoms with van der Waals surface area (Å²) < 4.78 is 0. The normalized spacial score (nSPS) is 10.3. The molecule has 0 aliphatic heterocycles. The summed E-state index contributed by atoms with van der Waals surface area (Å²) in [6, 6.07) is 2.74. The van der Waals surface area contributed by atoms with Crippen molar-refractivity contribution in [3.05, 3.63) is 32.8 Å². The van der Waals surface area contributed by atoms with Crippen LogP contribution in [0.25, 0.3) is 0 Å². The fraction of sp³-hybridized carbons (Fsp3) is 0.500. The predicted octanol–water partition coefficient (Wildman–Crippen LogP) is 3.55. The van der Waals surface area contributed by atoms with Crippen molar-refractivity contribution in [1.29, 1.82) is 0 Å². The van der Waals surface area contributed by atoms with Gasteiger partial charge in [0.1, 0.15) is 5.69 Å². The molecule has 0 heterocycles. The van der Waals surface area contributed by atoms with Crippen LogP contribution in [-0.4, -0.2) is 35.9 Å². The van der Waals surface area contributed by atoms with Crippen LogP contribution in [0.4, 0.5) is 11.4 Å². The van der Waals surface area contributed by atoms with Crippen LogP contribution in [0.1, 0.15) is 37.0 Å². The van der Waals surface area contributed by atoms with E-state index in [-0.39, 0.29) is 27.9 Å². The maximum absolute atomic E-state index is 12.3. The van der Waals surface area contributed by atoms with Gasteiger partial charge in [0, 0.05) is 31.8 Å². The molecular weight excluding hydrogens is 294 g/mol. The van der Waals surface area contributed by atoms with Crippen molar-refractivity contribution in [3.8, 4) is 0 Å². The van der Waals surface area contributed by atoms with Crippen molar-refractivity contribution in [1.82, 2.24) is 4.90 Å². The number of rotatable bonds is 7. The number of hydrogen-bond donors (Lipinski definition) is 1. The van der Waals surface area contributed by atoms with E-state index in [0.717, 1.165) is 12.8 Å². The Kier molecular flexibility index (Phi) is 6.42. The van der Waals surface area contributed by atoms with E-state index in [9.17, 15) is 14.9 Å². The van der Waals surface area contributed by atoms with Gasteiger partial charge in [-0.3, -0.25) is 14.9 Å². The van der Waals surface area contributed by atoms with E-state index < -0.39 is 4.92 Å². The third kappa shape index (κ3) is 4.32. The van der Waals surface area contributed by atoms with Gasteiger partial charge in [-0.1, -0.05) is 24.9 Å². The van der Waals surface area contributed by atoms with Crippen molar-refractivity contribution in [2.24, 2.45) is 0 Å². The average molecular weight is 314 g/mol. The molecule has 1 amide bonds. The van der Waals surface area contributed by atoms with Crippen LogP contribution in [0.15, 0.2) is 12.1 Å². The first-order chi connectivity index (χ1) is 9.92. The summed E-state index contributed by atoms with van der Waals surface area (Å²) >= 11 is 6.07. The fourth-order valence-electron chi connectivity index (χ4n) is 1.93. The summed E-state index contributed by atoms with van der Waals surface area (Å²) in [4.78, 5) is 24.4. The van der Waals surface area contributed by atoms with Gasteiger partial charge in [-0.2, -0.15) is 0 Å². The lowest BCUT2D eigenvalue weighted by Gasteiger charge is -2.17. The summed E-state index contributed by atoms with van der Waals surface area (Å²) in [5.41, 5.74) is 0.292. The van der Waals surface area contributed by atoms with Gasteiger partial charge >= 0.3 is 0 Å². The maximum atomic E-state index is 12.3. The topological polar surface area (TPSA) is 75.5 Å². The third-order valence-electron chi connectivity index (χ3n) is 3.06. The Balaban J connectivity index is 3.15. The predicted molar refractivity (Wildman–Crippen MR) is 84.1 cm³/mol. The minimum Gasteiger partial charge on any atom is -0.379 e. The Morgan fingerprint density at radius 1 is 1.43 bits per heavy atom. The lowest BCUT2D eigenvalue weighted by atomic mass is 10.1. The summed E-state index contributed by atoms with van der Waals surface area (Å²) in [6.45, 7) is 4.96. The number of nitro groups is 1. The molecule has 0 aliphatic carbocycles. The molecule has 0 aliphatic rings. The molecule has 21 heavy (non-hydrogen) atoms. The highest BCUT2D eigenvalue weighted by Crippen LogP contribution is 2.34. The minimum atomic E-state index is -0.535. The first-order valence-corrected chi connectivity index (χ1v) is 7.27. The van der Waals surface area contributed by atoms with E-state index in [0.29, 0.717) is 13.1 Å². The highest BCUT2D eigenvalue weighted by atomic mass is 35.5. The quantitative estimate of drug-likeness (QED) is 0.617. The standard InChI is InChI=1S/C14H20ClN3O3/c1-4-6-7-17(3)14(19)10-8-11(15)13(16-5-2)12(9-10)18(20)21/h8-9,16H,4-7H2,1-3H3. The zero-order valence-electron chi connectivity index (χ0n) is 12.5. The number of unbranched alkanes of at least 4 members (excludes halogenated alkanes) is 1. The monoisotopic (exact) mass is 313 g/mol. The number of carbonyl (C=O) groups is 1. The van der Waals surface area contributed by atoms with Crippen LogP contribution in [-0.2, 0) is 0 Å². The highest BCUT2D eigenvalue weighted by Gasteiger charge is 2.22. The van der Waals surface area contributed by atoms with Crippen LogP contribution < -0.4 is 5.32 Å². The van der Waals surface area contributed by atoms with E-state index in [4.69, 9.17) is 11.6 Å². The Morgan fingerprint density at radius 3 is 2.62 bits per heavy atom. The van der Waals surface area contributed by atoms with Crippen molar-refractivity contribution in [2.45, 2.75) is 26.7 Å². The van der Waals surface area contributed by atoms with Crippen LogP contribution in [0.2, 0.25) is 5.02 Å². The second-order valence-corrected chi connectivity index (χ2v) is 5.13. The fourth-order valence-corrected chi connectivity index (χ4v) is 2.21. The molecule has 0 bridgehead atoms. The number of nitrogens with zero attached hydrogens (tertiary/aromatic N) is 2. The molecule has 0 spiro atoms. The molecule has 116 valence electrons. The molecule has 7 heteroatoms. The number of nitrogens with one attached hydrogen (secondary N) is 1. The summed E-state index contributed by atoms with van der Waals surface area (Å²) in [5.74, 6) is -0.267. The van der Waals surface area contributed by atoms with Gasteiger partial charge in [-0.25, -0.2) is 0 Å². The van der Waals surface area contributed by atoms with Gasteiger partial charge < -0.3 is 10.2 Å². The lowest BCUT2D eigenvalue weighted by molar-refractivity contribution is -0.384. The number of benzene rings is 1. The van der Waals surface area contributed by atoms with E-state index in [2.05, 4.69) is 5.32 Å². The van der Waals surface area contributed by atoms with Gasteiger partial charge in [0.25, 0.3) is 11.6 Å². The molecule has 0 unspecified atom stereocenters. The second kappa shape index (κ2) is 7.83. The van der Waals surface area contributed by atoms with Crippen LogP contribution in [0, 0.1) is 10.1 Å². The Morgan fingerprint density at radius 2 is 2.10 bits per heavy atom. The van der Waals surface area contributed by atoms with Gasteiger partial charge in [-0.15, -0.1) is 0 Å². The van der Waals surface area contributed by atoms with Crippen molar-refractivity contribution in [3.63, 3.8) is 0 Å². The van der Waals surface area contributed by atoms with E-state index >= 15 is 0 Å². The Labute approximate surface area is 129 Å². The number of halogens is 1. The maximum Gasteiger partial charge on any atom is 0.294 e. The van der Waals surface area contributed by atoms with Crippen molar-refractivity contribution >= 4 is 28.9 Å². The van der Waals surface area contributed by atoms with Crippen LogP contribution >= 0.6 is 11.6 Å². The van der Waals surface area contributed by atoms with Crippen molar-refractivity contribution < 1.29 is 9.72 Å². The molecular formula is C14H20ClN3O3.